The van der Waals surface area contributed by atoms with Gasteiger partial charge in [-0.2, -0.15) is 0 Å². The first-order valence-electron chi connectivity index (χ1n) is 5.86. The summed E-state index contributed by atoms with van der Waals surface area (Å²) in [5, 5.41) is 7.67. The Morgan fingerprint density at radius 1 is 1.31 bits per heavy atom. The fourth-order valence-electron chi connectivity index (χ4n) is 1.77. The molecule has 0 fully saturated rings. The van der Waals surface area contributed by atoms with Gasteiger partial charge in [0.05, 0.1) is 10.6 Å². The maximum Gasteiger partial charge on any atom is 0.0857 e. The van der Waals surface area contributed by atoms with Gasteiger partial charge in [-0.25, -0.2) is 0 Å². The van der Waals surface area contributed by atoms with E-state index in [-0.39, 0.29) is 5.41 Å². The molecule has 0 radical (unpaired) electrons. The Morgan fingerprint density at radius 2 is 1.94 bits per heavy atom. The number of nitrogens with zero attached hydrogens (tertiary/aromatic N) is 2. The lowest BCUT2D eigenvalue weighted by atomic mass is 9.88. The highest BCUT2D eigenvalue weighted by Gasteiger charge is 2.26. The second-order valence-electron chi connectivity index (χ2n) is 5.71. The van der Waals surface area contributed by atoms with Crippen molar-refractivity contribution in [1.82, 2.24) is 14.9 Å². The van der Waals surface area contributed by atoms with E-state index in [2.05, 4.69) is 49.5 Å². The van der Waals surface area contributed by atoms with Gasteiger partial charge in [0.15, 0.2) is 0 Å². The van der Waals surface area contributed by atoms with Crippen LogP contribution < -0.4 is 5.32 Å². The Labute approximate surface area is 103 Å². The molecule has 92 valence electrons. The molecule has 16 heavy (non-hydrogen) atoms. The molecule has 1 N–H and O–H groups in total. The summed E-state index contributed by atoms with van der Waals surface area (Å²) in [6.07, 6.45) is 1.13. The van der Waals surface area contributed by atoms with Gasteiger partial charge < -0.3 is 5.32 Å². The fourth-order valence-corrected chi connectivity index (χ4v) is 2.76. The maximum absolute atomic E-state index is 4.29. The molecule has 1 rings (SSSR count). The van der Waals surface area contributed by atoms with Crippen molar-refractivity contribution < 1.29 is 0 Å². The third-order valence-electron chi connectivity index (χ3n) is 2.60. The standard InChI is InChI=1S/C12H23N3S/c1-8(2)7-9(13-6)10-11(12(3,4)5)14-15-16-10/h8-9,13H,7H2,1-6H3. The summed E-state index contributed by atoms with van der Waals surface area (Å²) in [6, 6.07) is 0.384. The lowest BCUT2D eigenvalue weighted by Crippen LogP contribution is -2.22. The third-order valence-corrected chi connectivity index (χ3v) is 3.43. The number of hydrogen-bond donors (Lipinski definition) is 1. The third kappa shape index (κ3) is 3.25. The highest BCUT2D eigenvalue weighted by molar-refractivity contribution is 7.05. The highest BCUT2D eigenvalue weighted by Crippen LogP contribution is 2.32. The van der Waals surface area contributed by atoms with E-state index < -0.39 is 0 Å². The Morgan fingerprint density at radius 3 is 2.38 bits per heavy atom. The van der Waals surface area contributed by atoms with Gasteiger partial charge in [0.25, 0.3) is 0 Å². The SMILES string of the molecule is CNC(CC(C)C)c1snnc1C(C)(C)C. The van der Waals surface area contributed by atoms with E-state index in [1.54, 1.807) is 0 Å². The summed E-state index contributed by atoms with van der Waals surface area (Å²) in [7, 11) is 2.01. The molecule has 0 aliphatic carbocycles. The van der Waals surface area contributed by atoms with Crippen LogP contribution in [0.3, 0.4) is 0 Å². The Hall–Kier alpha value is -0.480. The smallest absolute Gasteiger partial charge is 0.0857 e. The van der Waals surface area contributed by atoms with Crippen molar-refractivity contribution in [3.05, 3.63) is 10.6 Å². The zero-order valence-corrected chi connectivity index (χ0v) is 12.0. The summed E-state index contributed by atoms with van der Waals surface area (Å²) in [5.74, 6) is 0.673. The molecule has 0 saturated carbocycles. The van der Waals surface area contributed by atoms with Gasteiger partial charge in [0.1, 0.15) is 0 Å². The van der Waals surface area contributed by atoms with Crippen molar-refractivity contribution in [2.24, 2.45) is 5.92 Å². The topological polar surface area (TPSA) is 37.8 Å². The lowest BCUT2D eigenvalue weighted by molar-refractivity contribution is 0.449. The van der Waals surface area contributed by atoms with Gasteiger partial charge in [-0.1, -0.05) is 39.1 Å². The molecule has 4 heteroatoms. The lowest BCUT2D eigenvalue weighted by Gasteiger charge is -2.22. The monoisotopic (exact) mass is 241 g/mol. The molecule has 0 aliphatic heterocycles. The van der Waals surface area contributed by atoms with Gasteiger partial charge in [-0.3, -0.25) is 0 Å². The first-order chi connectivity index (χ1) is 7.36. The first kappa shape index (κ1) is 13.6. The minimum Gasteiger partial charge on any atom is -0.312 e. The molecule has 1 atom stereocenters. The van der Waals surface area contributed by atoms with Crippen LogP contribution in [0.15, 0.2) is 0 Å². The van der Waals surface area contributed by atoms with E-state index >= 15 is 0 Å². The minimum atomic E-state index is 0.0778. The Balaban J connectivity index is 2.97. The molecular formula is C12H23N3S. The van der Waals surface area contributed by atoms with Gasteiger partial charge in [-0.05, 0) is 30.9 Å². The van der Waals surface area contributed by atoms with Crippen LogP contribution in [0.1, 0.15) is 57.7 Å². The normalized spacial score (nSPS) is 14.4. The molecule has 0 aliphatic rings. The summed E-state index contributed by atoms with van der Waals surface area (Å²) in [4.78, 5) is 1.30. The van der Waals surface area contributed by atoms with Crippen LogP contribution in [0.5, 0.6) is 0 Å². The van der Waals surface area contributed by atoms with Crippen LogP contribution >= 0.6 is 11.5 Å². The zero-order valence-electron chi connectivity index (χ0n) is 11.2. The quantitative estimate of drug-likeness (QED) is 0.880. The van der Waals surface area contributed by atoms with Crippen LogP contribution in [-0.4, -0.2) is 16.6 Å². The van der Waals surface area contributed by atoms with Gasteiger partial charge in [0, 0.05) is 11.5 Å². The van der Waals surface area contributed by atoms with Crippen LogP contribution in [0, 0.1) is 5.92 Å². The molecule has 1 aromatic heterocycles. The largest absolute Gasteiger partial charge is 0.312 e. The van der Waals surface area contributed by atoms with Crippen LogP contribution in [0.2, 0.25) is 0 Å². The summed E-state index contributed by atoms with van der Waals surface area (Å²) in [6.45, 7) is 11.1. The Bertz CT molecular complexity index is 325. The number of aromatic nitrogens is 2. The molecule has 0 saturated heterocycles. The Kier molecular flexibility index (Phi) is 4.44. The molecule has 3 nitrogen and oxygen atoms in total. The molecule has 1 heterocycles. The summed E-state index contributed by atoms with van der Waals surface area (Å²) in [5.41, 5.74) is 1.21. The highest BCUT2D eigenvalue weighted by atomic mass is 32.1. The summed E-state index contributed by atoms with van der Waals surface area (Å²) < 4.78 is 4.12. The number of nitrogens with one attached hydrogen (secondary N) is 1. The molecule has 1 unspecified atom stereocenters. The van der Waals surface area contributed by atoms with Crippen LogP contribution in [0.4, 0.5) is 0 Å². The molecule has 0 spiro atoms. The van der Waals surface area contributed by atoms with E-state index in [0.29, 0.717) is 12.0 Å². The van der Waals surface area contributed by atoms with Gasteiger partial charge in [-0.15, -0.1) is 5.10 Å². The van der Waals surface area contributed by atoms with Crippen LogP contribution in [0.25, 0.3) is 0 Å². The zero-order chi connectivity index (χ0) is 12.3. The molecule has 0 aromatic carbocycles. The van der Waals surface area contributed by atoms with Gasteiger partial charge >= 0.3 is 0 Å². The number of rotatable bonds is 4. The summed E-state index contributed by atoms with van der Waals surface area (Å²) >= 11 is 1.53. The van der Waals surface area contributed by atoms with Crippen molar-refractivity contribution in [3.63, 3.8) is 0 Å². The van der Waals surface area contributed by atoms with E-state index in [0.717, 1.165) is 12.1 Å². The minimum absolute atomic E-state index is 0.0778. The number of hydrogen-bond acceptors (Lipinski definition) is 4. The van der Waals surface area contributed by atoms with Crippen molar-refractivity contribution in [1.29, 1.82) is 0 Å². The molecule has 0 amide bonds. The average molecular weight is 241 g/mol. The van der Waals surface area contributed by atoms with Crippen LogP contribution in [-0.2, 0) is 5.41 Å². The predicted octanol–water partition coefficient (Wildman–Crippen LogP) is 3.14. The molecule has 0 bridgehead atoms. The predicted molar refractivity (Wildman–Crippen MR) is 69.9 cm³/mol. The fraction of sp³-hybridized carbons (Fsp3) is 0.833. The van der Waals surface area contributed by atoms with Crippen molar-refractivity contribution in [3.8, 4) is 0 Å². The second-order valence-corrected chi connectivity index (χ2v) is 6.49. The maximum atomic E-state index is 4.29. The van der Waals surface area contributed by atoms with Crippen molar-refractivity contribution >= 4 is 11.5 Å². The van der Waals surface area contributed by atoms with E-state index in [1.165, 1.54) is 16.4 Å². The van der Waals surface area contributed by atoms with E-state index in [1.807, 2.05) is 7.05 Å². The molecule has 1 aromatic rings. The first-order valence-corrected chi connectivity index (χ1v) is 6.63. The van der Waals surface area contributed by atoms with E-state index in [4.69, 9.17) is 0 Å². The average Bonchev–Trinajstić information content (AvgIpc) is 2.61. The van der Waals surface area contributed by atoms with Crippen molar-refractivity contribution in [2.75, 3.05) is 7.05 Å². The van der Waals surface area contributed by atoms with Gasteiger partial charge in [0.2, 0.25) is 0 Å². The van der Waals surface area contributed by atoms with E-state index in [9.17, 15) is 0 Å². The molecular weight excluding hydrogens is 218 g/mol. The second kappa shape index (κ2) is 5.23. The van der Waals surface area contributed by atoms with Crippen molar-refractivity contribution in [2.45, 2.75) is 52.5 Å².